The number of hydrogen-bond donors (Lipinski definition) is 1. The van der Waals surface area contributed by atoms with Crippen LogP contribution in [0.15, 0.2) is 24.5 Å². The van der Waals surface area contributed by atoms with Crippen molar-refractivity contribution in [1.29, 1.82) is 0 Å². The van der Waals surface area contributed by atoms with Crippen LogP contribution < -0.4 is 10.5 Å². The molecular formula is C13H15N3O. The summed E-state index contributed by atoms with van der Waals surface area (Å²) in [5, 5.41) is 0. The Morgan fingerprint density at radius 2 is 1.71 bits per heavy atom. The third kappa shape index (κ3) is 2.20. The van der Waals surface area contributed by atoms with Crippen LogP contribution in [0.2, 0.25) is 0 Å². The van der Waals surface area contributed by atoms with Crippen LogP contribution in [0.4, 0.5) is 5.69 Å². The molecule has 0 spiro atoms. The minimum Gasteiger partial charge on any atom is -0.496 e. The Labute approximate surface area is 100 Å². The molecule has 0 aliphatic heterocycles. The Morgan fingerprint density at radius 1 is 1.06 bits per heavy atom. The van der Waals surface area contributed by atoms with Crippen molar-refractivity contribution in [2.24, 2.45) is 0 Å². The second kappa shape index (κ2) is 4.41. The van der Waals surface area contributed by atoms with Crippen molar-refractivity contribution in [2.75, 3.05) is 12.8 Å². The zero-order chi connectivity index (χ0) is 12.4. The van der Waals surface area contributed by atoms with Crippen molar-refractivity contribution in [1.82, 2.24) is 9.97 Å². The largest absolute Gasteiger partial charge is 0.496 e. The molecule has 88 valence electrons. The van der Waals surface area contributed by atoms with Gasteiger partial charge in [-0.3, -0.25) is 0 Å². The van der Waals surface area contributed by atoms with Gasteiger partial charge in [0, 0.05) is 5.56 Å². The fraction of sp³-hybridized carbons (Fsp3) is 0.231. The van der Waals surface area contributed by atoms with E-state index in [1.54, 1.807) is 19.5 Å². The first-order valence-corrected chi connectivity index (χ1v) is 5.35. The number of anilines is 1. The molecule has 0 atom stereocenters. The third-order valence-corrected chi connectivity index (χ3v) is 2.65. The van der Waals surface area contributed by atoms with Crippen molar-refractivity contribution < 1.29 is 4.74 Å². The molecule has 2 N–H and O–H groups in total. The van der Waals surface area contributed by atoms with Gasteiger partial charge in [0.15, 0.2) is 5.82 Å². The summed E-state index contributed by atoms with van der Waals surface area (Å²) in [4.78, 5) is 8.46. The monoisotopic (exact) mass is 229 g/mol. The molecule has 17 heavy (non-hydrogen) atoms. The first-order valence-electron chi connectivity index (χ1n) is 5.35. The van der Waals surface area contributed by atoms with Gasteiger partial charge in [0.2, 0.25) is 0 Å². The van der Waals surface area contributed by atoms with Crippen LogP contribution in [0.3, 0.4) is 0 Å². The van der Waals surface area contributed by atoms with Gasteiger partial charge in [0.05, 0.1) is 25.2 Å². The highest BCUT2D eigenvalue weighted by molar-refractivity contribution is 5.63. The first-order chi connectivity index (χ1) is 8.11. The van der Waals surface area contributed by atoms with Crippen LogP contribution in [0.25, 0.3) is 11.4 Å². The van der Waals surface area contributed by atoms with E-state index in [0.29, 0.717) is 11.5 Å². The Hall–Kier alpha value is -2.10. The zero-order valence-corrected chi connectivity index (χ0v) is 10.2. The normalized spacial score (nSPS) is 10.3. The Bertz CT molecular complexity index is 535. The van der Waals surface area contributed by atoms with Gasteiger partial charge in [-0.1, -0.05) is 0 Å². The maximum Gasteiger partial charge on any atom is 0.159 e. The van der Waals surface area contributed by atoms with Gasteiger partial charge >= 0.3 is 0 Å². The van der Waals surface area contributed by atoms with E-state index in [1.165, 1.54) is 0 Å². The molecule has 0 aliphatic rings. The van der Waals surface area contributed by atoms with Gasteiger partial charge in [-0.2, -0.15) is 0 Å². The van der Waals surface area contributed by atoms with Crippen molar-refractivity contribution in [3.05, 3.63) is 35.7 Å². The lowest BCUT2D eigenvalue weighted by Gasteiger charge is -2.10. The average Bonchev–Trinajstić information content (AvgIpc) is 2.33. The predicted octanol–water partition coefficient (Wildman–Crippen LogP) is 2.35. The molecule has 0 radical (unpaired) electrons. The lowest BCUT2D eigenvalue weighted by molar-refractivity contribution is 0.411. The molecule has 0 fully saturated rings. The second-order valence-electron chi connectivity index (χ2n) is 3.98. The van der Waals surface area contributed by atoms with Crippen molar-refractivity contribution in [3.8, 4) is 17.1 Å². The topological polar surface area (TPSA) is 61.0 Å². The number of nitrogens with zero attached hydrogens (tertiary/aromatic N) is 2. The second-order valence-corrected chi connectivity index (χ2v) is 3.98. The van der Waals surface area contributed by atoms with Gasteiger partial charge in [0.1, 0.15) is 5.75 Å². The van der Waals surface area contributed by atoms with E-state index >= 15 is 0 Å². The predicted molar refractivity (Wildman–Crippen MR) is 67.9 cm³/mol. The van der Waals surface area contributed by atoms with Crippen molar-refractivity contribution >= 4 is 5.69 Å². The van der Waals surface area contributed by atoms with Gasteiger partial charge in [-0.25, -0.2) is 9.97 Å². The molecule has 4 nitrogen and oxygen atoms in total. The highest BCUT2D eigenvalue weighted by Crippen LogP contribution is 2.27. The molecule has 0 amide bonds. The molecule has 1 aromatic heterocycles. The average molecular weight is 229 g/mol. The fourth-order valence-corrected chi connectivity index (χ4v) is 1.73. The molecule has 4 heteroatoms. The third-order valence-electron chi connectivity index (χ3n) is 2.65. The fourth-order valence-electron chi connectivity index (χ4n) is 1.73. The van der Waals surface area contributed by atoms with Crippen LogP contribution in [0.5, 0.6) is 5.75 Å². The summed E-state index contributed by atoms with van der Waals surface area (Å²) in [6, 6.07) is 4.02. The Morgan fingerprint density at radius 3 is 2.29 bits per heavy atom. The number of hydrogen-bond acceptors (Lipinski definition) is 4. The Balaban J connectivity index is 2.52. The van der Waals surface area contributed by atoms with Crippen molar-refractivity contribution in [2.45, 2.75) is 13.8 Å². The quantitative estimate of drug-likeness (QED) is 0.858. The molecule has 2 aromatic rings. The number of benzene rings is 1. The van der Waals surface area contributed by atoms with Crippen LogP contribution in [0, 0.1) is 13.8 Å². The lowest BCUT2D eigenvalue weighted by atomic mass is 10.0. The van der Waals surface area contributed by atoms with E-state index in [-0.39, 0.29) is 0 Å². The van der Waals surface area contributed by atoms with Gasteiger partial charge in [-0.15, -0.1) is 0 Å². The molecule has 1 heterocycles. The number of ether oxygens (including phenoxy) is 1. The number of aryl methyl sites for hydroxylation is 2. The zero-order valence-electron chi connectivity index (χ0n) is 10.2. The number of methoxy groups -OCH3 is 1. The summed E-state index contributed by atoms with van der Waals surface area (Å²) in [5.41, 5.74) is 9.29. The van der Waals surface area contributed by atoms with Crippen LogP contribution in [-0.4, -0.2) is 17.1 Å². The number of aromatic nitrogens is 2. The minimum absolute atomic E-state index is 0.566. The molecule has 2 rings (SSSR count). The minimum atomic E-state index is 0.566. The summed E-state index contributed by atoms with van der Waals surface area (Å²) in [6.45, 7) is 4.01. The van der Waals surface area contributed by atoms with E-state index in [9.17, 15) is 0 Å². The smallest absolute Gasteiger partial charge is 0.159 e. The molecular weight excluding hydrogens is 214 g/mol. The highest BCUT2D eigenvalue weighted by atomic mass is 16.5. The summed E-state index contributed by atoms with van der Waals surface area (Å²) in [5.74, 6) is 1.56. The highest BCUT2D eigenvalue weighted by Gasteiger charge is 2.08. The molecule has 0 bridgehead atoms. The van der Waals surface area contributed by atoms with E-state index < -0.39 is 0 Å². The molecule has 0 aliphatic carbocycles. The summed E-state index contributed by atoms with van der Waals surface area (Å²) < 4.78 is 5.27. The summed E-state index contributed by atoms with van der Waals surface area (Å²) in [7, 11) is 1.67. The van der Waals surface area contributed by atoms with Crippen molar-refractivity contribution in [3.63, 3.8) is 0 Å². The van der Waals surface area contributed by atoms with Crippen LogP contribution in [0.1, 0.15) is 11.1 Å². The Kier molecular flexibility index (Phi) is 2.95. The van der Waals surface area contributed by atoms with Gasteiger partial charge < -0.3 is 10.5 Å². The number of rotatable bonds is 2. The number of nitrogens with two attached hydrogens (primary N) is 1. The van der Waals surface area contributed by atoms with Crippen LogP contribution in [-0.2, 0) is 0 Å². The maximum absolute atomic E-state index is 5.57. The summed E-state index contributed by atoms with van der Waals surface area (Å²) >= 11 is 0. The van der Waals surface area contributed by atoms with E-state index in [4.69, 9.17) is 10.5 Å². The first kappa shape index (κ1) is 11.4. The standard InChI is InChI=1S/C13H15N3O/c1-8-5-12(17-3)9(2)4-11(8)13-15-6-10(14)7-16-13/h4-7H,14H2,1-3H3. The van der Waals surface area contributed by atoms with E-state index in [2.05, 4.69) is 9.97 Å². The molecule has 0 saturated carbocycles. The lowest BCUT2D eigenvalue weighted by Crippen LogP contribution is -1.96. The maximum atomic E-state index is 5.57. The van der Waals surface area contributed by atoms with E-state index in [0.717, 1.165) is 22.4 Å². The van der Waals surface area contributed by atoms with E-state index in [1.807, 2.05) is 26.0 Å². The number of nitrogen functional groups attached to an aromatic ring is 1. The molecule has 0 unspecified atom stereocenters. The molecule has 0 saturated heterocycles. The van der Waals surface area contributed by atoms with Crippen LogP contribution >= 0.6 is 0 Å². The summed E-state index contributed by atoms with van der Waals surface area (Å²) in [6.07, 6.45) is 3.22. The van der Waals surface area contributed by atoms with Gasteiger partial charge in [0.25, 0.3) is 0 Å². The SMILES string of the molecule is COc1cc(C)c(-c2ncc(N)cn2)cc1C. The molecule has 1 aromatic carbocycles. The van der Waals surface area contributed by atoms with Gasteiger partial charge in [-0.05, 0) is 37.1 Å².